The maximum absolute atomic E-state index is 11.6. The van der Waals surface area contributed by atoms with Crippen molar-refractivity contribution in [2.75, 3.05) is 13.7 Å². The number of carbonyl (C=O) groups excluding carboxylic acids is 2. The normalized spacial score (nSPS) is 10.4. The van der Waals surface area contributed by atoms with Crippen LogP contribution >= 0.6 is 0 Å². The smallest absolute Gasteiger partial charge is 0.331 e. The van der Waals surface area contributed by atoms with Gasteiger partial charge in [0.15, 0.2) is 6.61 Å². The molecule has 0 fully saturated rings. The predicted octanol–water partition coefficient (Wildman–Crippen LogP) is 2.57. The van der Waals surface area contributed by atoms with Crippen molar-refractivity contribution in [3.05, 3.63) is 71.8 Å². The summed E-state index contributed by atoms with van der Waals surface area (Å²) in [4.78, 5) is 23.3. The molecule has 2 rings (SSSR count). The molecule has 1 amide bonds. The molecule has 0 radical (unpaired) electrons. The molecule has 2 aromatic rings. The fourth-order valence-electron chi connectivity index (χ4n) is 1.94. The summed E-state index contributed by atoms with van der Waals surface area (Å²) in [7, 11) is 1.57. The molecular formula is C19H19NO4. The second-order valence-electron chi connectivity index (χ2n) is 4.98. The Hall–Kier alpha value is -3.08. The van der Waals surface area contributed by atoms with Crippen molar-refractivity contribution >= 4 is 18.0 Å². The van der Waals surface area contributed by atoms with E-state index in [4.69, 9.17) is 9.47 Å². The molecule has 5 nitrogen and oxygen atoms in total. The lowest BCUT2D eigenvalue weighted by Crippen LogP contribution is -2.28. The number of nitrogens with one attached hydrogen (secondary N) is 1. The van der Waals surface area contributed by atoms with Crippen LogP contribution in [0.2, 0.25) is 0 Å². The van der Waals surface area contributed by atoms with E-state index in [0.717, 1.165) is 11.1 Å². The summed E-state index contributed by atoms with van der Waals surface area (Å²) in [6, 6.07) is 16.8. The van der Waals surface area contributed by atoms with Gasteiger partial charge in [0, 0.05) is 12.6 Å². The molecule has 0 atom stereocenters. The van der Waals surface area contributed by atoms with Crippen LogP contribution in [-0.4, -0.2) is 25.6 Å². The number of benzene rings is 2. The van der Waals surface area contributed by atoms with Crippen LogP contribution in [-0.2, 0) is 20.9 Å². The molecule has 0 aliphatic rings. The quantitative estimate of drug-likeness (QED) is 0.628. The van der Waals surface area contributed by atoms with E-state index in [0.29, 0.717) is 12.3 Å². The molecule has 1 N–H and O–H groups in total. The van der Waals surface area contributed by atoms with Gasteiger partial charge in [-0.1, -0.05) is 42.5 Å². The molecule has 0 saturated carbocycles. The fourth-order valence-corrected chi connectivity index (χ4v) is 1.94. The average molecular weight is 325 g/mol. The van der Waals surface area contributed by atoms with Gasteiger partial charge in [-0.05, 0) is 29.3 Å². The van der Waals surface area contributed by atoms with Crippen LogP contribution in [0.1, 0.15) is 11.1 Å². The Balaban J connectivity index is 1.74. The average Bonchev–Trinajstić information content (AvgIpc) is 2.64. The number of methoxy groups -OCH3 is 1. The minimum absolute atomic E-state index is 0.311. The minimum Gasteiger partial charge on any atom is -0.497 e. The highest BCUT2D eigenvalue weighted by Gasteiger charge is 2.04. The topological polar surface area (TPSA) is 64.6 Å². The molecule has 2 aromatic carbocycles. The highest BCUT2D eigenvalue weighted by Crippen LogP contribution is 2.13. The van der Waals surface area contributed by atoms with Crippen LogP contribution in [0.3, 0.4) is 0 Å². The molecule has 0 aliphatic carbocycles. The van der Waals surface area contributed by atoms with Gasteiger partial charge in [-0.15, -0.1) is 0 Å². The zero-order valence-electron chi connectivity index (χ0n) is 13.4. The maximum Gasteiger partial charge on any atom is 0.331 e. The van der Waals surface area contributed by atoms with Gasteiger partial charge in [-0.25, -0.2) is 4.79 Å². The summed E-state index contributed by atoms with van der Waals surface area (Å²) in [6.45, 7) is 0.0883. The number of hydrogen-bond acceptors (Lipinski definition) is 4. The highest BCUT2D eigenvalue weighted by atomic mass is 16.5. The lowest BCUT2D eigenvalue weighted by molar-refractivity contribution is -0.143. The molecule has 0 spiro atoms. The Morgan fingerprint density at radius 3 is 2.62 bits per heavy atom. The van der Waals surface area contributed by atoms with Crippen molar-refractivity contribution in [3.63, 3.8) is 0 Å². The van der Waals surface area contributed by atoms with Gasteiger partial charge >= 0.3 is 5.97 Å². The van der Waals surface area contributed by atoms with E-state index in [2.05, 4.69) is 5.32 Å². The number of rotatable bonds is 7. The van der Waals surface area contributed by atoms with Crippen molar-refractivity contribution in [2.45, 2.75) is 6.54 Å². The van der Waals surface area contributed by atoms with Crippen molar-refractivity contribution < 1.29 is 19.1 Å². The number of esters is 1. The minimum atomic E-state index is -0.576. The summed E-state index contributed by atoms with van der Waals surface area (Å²) in [5, 5.41) is 2.69. The summed E-state index contributed by atoms with van der Waals surface area (Å²) in [6.07, 6.45) is 2.88. The Bertz CT molecular complexity index is 710. The van der Waals surface area contributed by atoms with Gasteiger partial charge in [0.2, 0.25) is 0 Å². The molecule has 24 heavy (non-hydrogen) atoms. The van der Waals surface area contributed by atoms with Crippen molar-refractivity contribution in [2.24, 2.45) is 0 Å². The maximum atomic E-state index is 11.6. The first-order valence-electron chi connectivity index (χ1n) is 7.47. The Morgan fingerprint density at radius 2 is 1.88 bits per heavy atom. The Kier molecular flexibility index (Phi) is 6.58. The number of carbonyl (C=O) groups is 2. The van der Waals surface area contributed by atoms with Gasteiger partial charge in [0.1, 0.15) is 5.75 Å². The van der Waals surface area contributed by atoms with Crippen LogP contribution in [0.5, 0.6) is 5.75 Å². The molecular weight excluding hydrogens is 306 g/mol. The molecule has 0 aromatic heterocycles. The number of amides is 1. The van der Waals surface area contributed by atoms with E-state index in [9.17, 15) is 9.59 Å². The third kappa shape index (κ3) is 5.96. The van der Waals surface area contributed by atoms with Crippen molar-refractivity contribution in [3.8, 4) is 5.75 Å². The van der Waals surface area contributed by atoms with E-state index in [1.54, 1.807) is 19.3 Å². The third-order valence-electron chi connectivity index (χ3n) is 3.18. The van der Waals surface area contributed by atoms with Gasteiger partial charge in [-0.3, -0.25) is 4.79 Å². The lowest BCUT2D eigenvalue weighted by atomic mass is 10.2. The molecule has 5 heteroatoms. The van der Waals surface area contributed by atoms with E-state index < -0.39 is 5.97 Å². The molecule has 0 saturated heterocycles. The largest absolute Gasteiger partial charge is 0.497 e. The first-order valence-corrected chi connectivity index (χ1v) is 7.47. The molecule has 0 unspecified atom stereocenters. The summed E-state index contributed by atoms with van der Waals surface area (Å²) < 4.78 is 10.0. The van der Waals surface area contributed by atoms with Crippen molar-refractivity contribution in [1.82, 2.24) is 5.32 Å². The van der Waals surface area contributed by atoms with Crippen LogP contribution in [0.4, 0.5) is 0 Å². The van der Waals surface area contributed by atoms with Gasteiger partial charge < -0.3 is 14.8 Å². The van der Waals surface area contributed by atoms with E-state index in [1.165, 1.54) is 6.08 Å². The van der Waals surface area contributed by atoms with E-state index >= 15 is 0 Å². The van der Waals surface area contributed by atoms with Crippen LogP contribution in [0, 0.1) is 0 Å². The van der Waals surface area contributed by atoms with Crippen LogP contribution < -0.4 is 10.1 Å². The first-order chi connectivity index (χ1) is 11.7. The van der Waals surface area contributed by atoms with Crippen LogP contribution in [0.15, 0.2) is 60.7 Å². The zero-order valence-corrected chi connectivity index (χ0v) is 13.4. The summed E-state index contributed by atoms with van der Waals surface area (Å²) in [5.41, 5.74) is 1.79. The SMILES string of the molecule is COc1cccc(/C=C/C(=O)OCC(=O)NCc2ccccc2)c1. The second kappa shape index (κ2) is 9.15. The second-order valence-corrected chi connectivity index (χ2v) is 4.98. The molecule has 124 valence electrons. The lowest BCUT2D eigenvalue weighted by Gasteiger charge is -2.05. The summed E-state index contributed by atoms with van der Waals surface area (Å²) >= 11 is 0. The van der Waals surface area contributed by atoms with E-state index in [-0.39, 0.29) is 12.5 Å². The standard InChI is InChI=1S/C19H19NO4/c1-23-17-9-5-8-15(12-17)10-11-19(22)24-14-18(21)20-13-16-6-3-2-4-7-16/h2-12H,13-14H2,1H3,(H,20,21)/b11-10+. The Labute approximate surface area is 140 Å². The fraction of sp³-hybridized carbons (Fsp3) is 0.158. The van der Waals surface area contributed by atoms with E-state index in [1.807, 2.05) is 48.5 Å². The van der Waals surface area contributed by atoms with Gasteiger partial charge in [0.25, 0.3) is 5.91 Å². The van der Waals surface area contributed by atoms with Crippen LogP contribution in [0.25, 0.3) is 6.08 Å². The Morgan fingerprint density at radius 1 is 1.08 bits per heavy atom. The monoisotopic (exact) mass is 325 g/mol. The first kappa shape index (κ1) is 17.3. The predicted molar refractivity (Wildman–Crippen MR) is 91.3 cm³/mol. The number of hydrogen-bond donors (Lipinski definition) is 1. The highest BCUT2D eigenvalue weighted by molar-refractivity contribution is 5.89. The molecule has 0 bridgehead atoms. The zero-order chi connectivity index (χ0) is 17.2. The third-order valence-corrected chi connectivity index (χ3v) is 3.18. The van der Waals surface area contributed by atoms with Gasteiger partial charge in [-0.2, -0.15) is 0 Å². The summed E-state index contributed by atoms with van der Waals surface area (Å²) in [5.74, 6) is -0.222. The number of ether oxygens (including phenoxy) is 2. The molecule has 0 aliphatic heterocycles. The van der Waals surface area contributed by atoms with Crippen molar-refractivity contribution in [1.29, 1.82) is 0 Å². The molecule has 0 heterocycles. The van der Waals surface area contributed by atoms with Gasteiger partial charge in [0.05, 0.1) is 7.11 Å².